The Kier molecular flexibility index (Phi) is 4.12. The summed E-state index contributed by atoms with van der Waals surface area (Å²) >= 11 is 1.70. The first kappa shape index (κ1) is 13.6. The van der Waals surface area contributed by atoms with Crippen LogP contribution in [0.5, 0.6) is 0 Å². The average molecular weight is 297 g/mol. The maximum absolute atomic E-state index is 12.0. The summed E-state index contributed by atoms with van der Waals surface area (Å²) in [4.78, 5) is 13.3. The third-order valence-corrected chi connectivity index (χ3v) is 4.02. The highest BCUT2D eigenvalue weighted by molar-refractivity contribution is 7.09. The molecule has 21 heavy (non-hydrogen) atoms. The van der Waals surface area contributed by atoms with Gasteiger partial charge in [-0.05, 0) is 36.1 Å². The highest BCUT2D eigenvalue weighted by Gasteiger charge is 2.09. The molecule has 0 spiro atoms. The van der Waals surface area contributed by atoms with Crippen molar-refractivity contribution in [2.75, 3.05) is 6.54 Å². The number of aromatic nitrogens is 2. The maximum Gasteiger partial charge on any atom is 0.271 e. The number of carbonyl (C=O) groups is 1. The second-order valence-electron chi connectivity index (χ2n) is 4.57. The predicted octanol–water partition coefficient (Wildman–Crippen LogP) is 2.91. The van der Waals surface area contributed by atoms with Gasteiger partial charge in [-0.25, -0.2) is 4.68 Å². The maximum atomic E-state index is 12.0. The molecule has 0 saturated carbocycles. The van der Waals surface area contributed by atoms with Crippen molar-refractivity contribution in [1.29, 1.82) is 0 Å². The fourth-order valence-corrected chi connectivity index (χ4v) is 2.72. The lowest BCUT2D eigenvalue weighted by molar-refractivity contribution is 0.0949. The van der Waals surface area contributed by atoms with Crippen LogP contribution in [-0.2, 0) is 6.42 Å². The molecule has 1 amide bonds. The minimum Gasteiger partial charge on any atom is -0.350 e. The van der Waals surface area contributed by atoms with Gasteiger partial charge in [0.25, 0.3) is 5.91 Å². The summed E-state index contributed by atoms with van der Waals surface area (Å²) in [7, 11) is 0. The van der Waals surface area contributed by atoms with Crippen molar-refractivity contribution in [2.45, 2.75) is 6.42 Å². The van der Waals surface area contributed by atoms with E-state index in [1.807, 2.05) is 41.8 Å². The highest BCUT2D eigenvalue weighted by atomic mass is 32.1. The lowest BCUT2D eigenvalue weighted by Crippen LogP contribution is -2.26. The van der Waals surface area contributed by atoms with E-state index in [2.05, 4.69) is 16.5 Å². The van der Waals surface area contributed by atoms with Crippen LogP contribution in [-0.4, -0.2) is 22.2 Å². The minimum absolute atomic E-state index is 0.138. The highest BCUT2D eigenvalue weighted by Crippen LogP contribution is 2.09. The van der Waals surface area contributed by atoms with Gasteiger partial charge in [-0.15, -0.1) is 11.3 Å². The smallest absolute Gasteiger partial charge is 0.271 e. The molecule has 3 rings (SSSR count). The van der Waals surface area contributed by atoms with Gasteiger partial charge in [0.15, 0.2) is 5.69 Å². The molecule has 0 fully saturated rings. The standard InChI is InChI=1S/C16H15N3OS/c20-16(17-10-8-14-7-4-12-21-14)15-9-11-19(18-15)13-5-2-1-3-6-13/h1-7,9,11-12H,8,10H2,(H,17,20). The summed E-state index contributed by atoms with van der Waals surface area (Å²) in [5.41, 5.74) is 1.38. The third kappa shape index (κ3) is 3.38. The zero-order valence-corrected chi connectivity index (χ0v) is 12.2. The van der Waals surface area contributed by atoms with Crippen LogP contribution < -0.4 is 5.32 Å². The number of carbonyl (C=O) groups excluding carboxylic acids is 1. The van der Waals surface area contributed by atoms with Crippen molar-refractivity contribution in [2.24, 2.45) is 0 Å². The summed E-state index contributed by atoms with van der Waals surface area (Å²) in [5, 5.41) is 9.24. The Balaban J connectivity index is 1.59. The molecule has 4 nitrogen and oxygen atoms in total. The first-order valence-corrected chi connectivity index (χ1v) is 7.62. The molecule has 0 radical (unpaired) electrons. The Morgan fingerprint density at radius 1 is 1.14 bits per heavy atom. The molecule has 1 N–H and O–H groups in total. The number of nitrogens with one attached hydrogen (secondary N) is 1. The van der Waals surface area contributed by atoms with Crippen molar-refractivity contribution >= 4 is 17.2 Å². The van der Waals surface area contributed by atoms with Gasteiger partial charge in [0, 0.05) is 17.6 Å². The largest absolute Gasteiger partial charge is 0.350 e. The molecule has 3 aromatic rings. The molecule has 0 aliphatic rings. The molecule has 5 heteroatoms. The van der Waals surface area contributed by atoms with Gasteiger partial charge < -0.3 is 5.32 Å². The number of nitrogens with zero attached hydrogens (tertiary/aromatic N) is 2. The number of rotatable bonds is 5. The molecule has 0 aliphatic carbocycles. The van der Waals surface area contributed by atoms with E-state index in [9.17, 15) is 4.79 Å². The van der Waals surface area contributed by atoms with E-state index >= 15 is 0 Å². The van der Waals surface area contributed by atoms with Crippen LogP contribution in [0.2, 0.25) is 0 Å². The third-order valence-electron chi connectivity index (χ3n) is 3.08. The molecule has 1 aromatic carbocycles. The van der Waals surface area contributed by atoms with E-state index in [1.54, 1.807) is 28.3 Å². The molecule has 106 valence electrons. The number of thiophene rings is 1. The molecule has 2 heterocycles. The second kappa shape index (κ2) is 6.37. The normalized spacial score (nSPS) is 10.5. The summed E-state index contributed by atoms with van der Waals surface area (Å²) in [5.74, 6) is -0.138. The van der Waals surface area contributed by atoms with Gasteiger partial charge in [0.05, 0.1) is 5.69 Å². The molecule has 2 aromatic heterocycles. The minimum atomic E-state index is -0.138. The first-order chi connectivity index (χ1) is 10.3. The van der Waals surface area contributed by atoms with E-state index in [0.29, 0.717) is 12.2 Å². The molecule has 0 unspecified atom stereocenters. The van der Waals surface area contributed by atoms with Gasteiger partial charge in [0.1, 0.15) is 0 Å². The molecule has 0 atom stereocenters. The number of para-hydroxylation sites is 1. The van der Waals surface area contributed by atoms with Crippen LogP contribution >= 0.6 is 11.3 Å². The Morgan fingerprint density at radius 3 is 2.76 bits per heavy atom. The summed E-state index contributed by atoms with van der Waals surface area (Å²) in [6.07, 6.45) is 2.65. The average Bonchev–Trinajstić information content (AvgIpc) is 3.20. The summed E-state index contributed by atoms with van der Waals surface area (Å²) < 4.78 is 1.70. The lowest BCUT2D eigenvalue weighted by Gasteiger charge is -2.02. The van der Waals surface area contributed by atoms with Gasteiger partial charge in [-0.1, -0.05) is 24.3 Å². The van der Waals surface area contributed by atoms with Gasteiger partial charge >= 0.3 is 0 Å². The van der Waals surface area contributed by atoms with Crippen LogP contribution in [0, 0.1) is 0 Å². The zero-order valence-electron chi connectivity index (χ0n) is 11.4. The number of benzene rings is 1. The monoisotopic (exact) mass is 297 g/mol. The van der Waals surface area contributed by atoms with Crippen LogP contribution in [0.15, 0.2) is 60.1 Å². The van der Waals surface area contributed by atoms with E-state index in [1.165, 1.54) is 4.88 Å². The van der Waals surface area contributed by atoms with E-state index < -0.39 is 0 Å². The topological polar surface area (TPSA) is 46.9 Å². The summed E-state index contributed by atoms with van der Waals surface area (Å²) in [6.45, 7) is 0.623. The van der Waals surface area contributed by atoms with Gasteiger partial charge in [-0.3, -0.25) is 4.79 Å². The van der Waals surface area contributed by atoms with Crippen LogP contribution in [0.4, 0.5) is 0 Å². The number of hydrogen-bond acceptors (Lipinski definition) is 3. The number of hydrogen-bond donors (Lipinski definition) is 1. The second-order valence-corrected chi connectivity index (χ2v) is 5.60. The Morgan fingerprint density at radius 2 is 2.00 bits per heavy atom. The van der Waals surface area contributed by atoms with Crippen molar-refractivity contribution in [1.82, 2.24) is 15.1 Å². The van der Waals surface area contributed by atoms with Crippen LogP contribution in [0.1, 0.15) is 15.4 Å². The van der Waals surface area contributed by atoms with Crippen molar-refractivity contribution in [3.8, 4) is 5.69 Å². The van der Waals surface area contributed by atoms with Crippen molar-refractivity contribution < 1.29 is 4.79 Å². The van der Waals surface area contributed by atoms with Gasteiger partial charge in [0.2, 0.25) is 0 Å². The first-order valence-electron chi connectivity index (χ1n) is 6.74. The Bertz CT molecular complexity index is 704. The number of amides is 1. The fourth-order valence-electron chi connectivity index (χ4n) is 2.01. The Labute approximate surface area is 127 Å². The molecular weight excluding hydrogens is 282 g/mol. The van der Waals surface area contributed by atoms with Crippen LogP contribution in [0.25, 0.3) is 5.69 Å². The van der Waals surface area contributed by atoms with Crippen LogP contribution in [0.3, 0.4) is 0 Å². The Hall–Kier alpha value is -2.40. The summed E-state index contributed by atoms with van der Waals surface area (Å²) in [6, 6.07) is 15.6. The molecule has 0 bridgehead atoms. The predicted molar refractivity (Wildman–Crippen MR) is 83.9 cm³/mol. The zero-order chi connectivity index (χ0) is 14.5. The quantitative estimate of drug-likeness (QED) is 0.787. The fraction of sp³-hybridized carbons (Fsp3) is 0.125. The van der Waals surface area contributed by atoms with Crippen molar-refractivity contribution in [3.05, 3.63) is 70.7 Å². The molecular formula is C16H15N3OS. The van der Waals surface area contributed by atoms with Crippen molar-refractivity contribution in [3.63, 3.8) is 0 Å². The van der Waals surface area contributed by atoms with E-state index in [-0.39, 0.29) is 5.91 Å². The van der Waals surface area contributed by atoms with E-state index in [0.717, 1.165) is 12.1 Å². The molecule has 0 saturated heterocycles. The molecule has 0 aliphatic heterocycles. The SMILES string of the molecule is O=C(NCCc1cccs1)c1ccn(-c2ccccc2)n1. The van der Waals surface area contributed by atoms with E-state index in [4.69, 9.17) is 0 Å². The lowest BCUT2D eigenvalue weighted by atomic mass is 10.3. The van der Waals surface area contributed by atoms with Gasteiger partial charge in [-0.2, -0.15) is 5.10 Å².